The van der Waals surface area contributed by atoms with E-state index >= 15 is 0 Å². The predicted molar refractivity (Wildman–Crippen MR) is 114 cm³/mol. The van der Waals surface area contributed by atoms with Crippen molar-refractivity contribution in [2.75, 3.05) is 31.1 Å². The molecule has 3 aromatic rings. The van der Waals surface area contributed by atoms with E-state index in [0.717, 1.165) is 23.3 Å². The summed E-state index contributed by atoms with van der Waals surface area (Å²) in [5.74, 6) is 0. The van der Waals surface area contributed by atoms with Gasteiger partial charge in [-0.05, 0) is 24.3 Å². The first kappa shape index (κ1) is 20.6. The molecule has 1 aliphatic heterocycles. The Kier molecular flexibility index (Phi) is 5.58. The molecule has 0 spiro atoms. The van der Waals surface area contributed by atoms with E-state index in [-0.39, 0.29) is 26.4 Å². The van der Waals surface area contributed by atoms with Gasteiger partial charge in [-0.15, -0.1) is 0 Å². The van der Waals surface area contributed by atoms with Gasteiger partial charge in [-0.1, -0.05) is 39.7 Å². The second-order valence-corrected chi connectivity index (χ2v) is 9.78. The Labute approximate surface area is 180 Å². The molecule has 0 atom stereocenters. The maximum Gasteiger partial charge on any atom is 0.269 e. The molecule has 0 amide bonds. The van der Waals surface area contributed by atoms with E-state index in [2.05, 4.69) is 21.2 Å². The van der Waals surface area contributed by atoms with Gasteiger partial charge in [-0.3, -0.25) is 0 Å². The van der Waals surface area contributed by atoms with Gasteiger partial charge in [-0.25, -0.2) is 21.2 Å². The number of hydrogen-bond donors (Lipinski definition) is 1. The molecular weight excluding hydrogens is 488 g/mol. The van der Waals surface area contributed by atoms with Crippen molar-refractivity contribution in [1.82, 2.24) is 9.29 Å². The molecule has 154 valence electrons. The van der Waals surface area contributed by atoms with E-state index < -0.39 is 16.4 Å². The summed E-state index contributed by atoms with van der Waals surface area (Å²) >= 11 is 9.50. The molecule has 2 heterocycles. The van der Waals surface area contributed by atoms with Crippen LogP contribution in [0.4, 0.5) is 14.5 Å². The van der Waals surface area contributed by atoms with Crippen LogP contribution in [0.15, 0.2) is 52.0 Å². The smallest absolute Gasteiger partial charge is 0.269 e. The van der Waals surface area contributed by atoms with Crippen LogP contribution in [0.3, 0.4) is 0 Å². The number of anilines is 1. The van der Waals surface area contributed by atoms with E-state index in [0.29, 0.717) is 23.2 Å². The lowest BCUT2D eigenvalue weighted by atomic mass is 10.1. The molecule has 2 aromatic carbocycles. The number of benzene rings is 2. The van der Waals surface area contributed by atoms with Gasteiger partial charge < -0.3 is 10.2 Å². The monoisotopic (exact) mass is 503 g/mol. The molecule has 1 fully saturated rings. The van der Waals surface area contributed by atoms with Crippen molar-refractivity contribution >= 4 is 54.1 Å². The fourth-order valence-corrected chi connectivity index (χ4v) is 5.88. The van der Waals surface area contributed by atoms with E-state index in [1.54, 1.807) is 24.3 Å². The SMILES string of the molecule is O=S(=O)(c1ccccc1Cl)n1cc(C(F)F)c2c(N3CCNCC3)cc(Br)cc21. The Bertz CT molecular complexity index is 1180. The summed E-state index contributed by atoms with van der Waals surface area (Å²) in [4.78, 5) is 1.85. The molecule has 0 aliphatic carbocycles. The lowest BCUT2D eigenvalue weighted by Crippen LogP contribution is -2.43. The third kappa shape index (κ3) is 3.65. The molecule has 1 saturated heterocycles. The van der Waals surface area contributed by atoms with Crippen molar-refractivity contribution in [1.29, 1.82) is 0 Å². The highest BCUT2D eigenvalue weighted by atomic mass is 79.9. The molecule has 1 aliphatic rings. The summed E-state index contributed by atoms with van der Waals surface area (Å²) in [6.45, 7) is 2.71. The van der Waals surface area contributed by atoms with Crippen LogP contribution in [0.1, 0.15) is 12.0 Å². The Morgan fingerprint density at radius 1 is 1.14 bits per heavy atom. The van der Waals surface area contributed by atoms with Crippen LogP contribution in [0, 0.1) is 0 Å². The lowest BCUT2D eigenvalue weighted by Gasteiger charge is -2.30. The average molecular weight is 505 g/mol. The fourth-order valence-electron chi connectivity index (χ4n) is 3.59. The third-order valence-electron chi connectivity index (χ3n) is 4.91. The van der Waals surface area contributed by atoms with Gasteiger partial charge in [0.25, 0.3) is 16.4 Å². The molecule has 29 heavy (non-hydrogen) atoms. The number of aromatic nitrogens is 1. The van der Waals surface area contributed by atoms with Crippen LogP contribution in [0.5, 0.6) is 0 Å². The topological polar surface area (TPSA) is 54.3 Å². The highest BCUT2D eigenvalue weighted by Gasteiger charge is 2.29. The van der Waals surface area contributed by atoms with Crippen LogP contribution in [0.25, 0.3) is 10.9 Å². The first-order valence-electron chi connectivity index (χ1n) is 8.89. The zero-order valence-corrected chi connectivity index (χ0v) is 18.2. The molecule has 0 bridgehead atoms. The summed E-state index contributed by atoms with van der Waals surface area (Å²) in [6, 6.07) is 9.27. The maximum absolute atomic E-state index is 14.0. The molecular formula is C19H17BrClF2N3O2S. The fraction of sp³-hybridized carbons (Fsp3) is 0.263. The molecule has 0 saturated carbocycles. The van der Waals surface area contributed by atoms with Gasteiger partial charge in [-0.2, -0.15) is 0 Å². The van der Waals surface area contributed by atoms with Crippen molar-refractivity contribution in [3.8, 4) is 0 Å². The van der Waals surface area contributed by atoms with Gasteiger partial charge in [0, 0.05) is 53.5 Å². The number of rotatable bonds is 4. The second-order valence-electron chi connectivity index (χ2n) is 6.67. The number of piperazine rings is 1. The second kappa shape index (κ2) is 7.86. The minimum absolute atomic E-state index is 0.0327. The van der Waals surface area contributed by atoms with Crippen LogP contribution < -0.4 is 10.2 Å². The van der Waals surface area contributed by atoms with E-state index in [4.69, 9.17) is 11.6 Å². The number of fused-ring (bicyclic) bond motifs is 1. The van der Waals surface area contributed by atoms with Crippen molar-refractivity contribution in [2.24, 2.45) is 0 Å². The van der Waals surface area contributed by atoms with E-state index in [1.807, 2.05) is 4.90 Å². The number of nitrogens with one attached hydrogen (secondary N) is 1. The standard InChI is InChI=1S/C19H17BrClF2N3O2S/c20-12-9-15(25-7-5-24-6-8-25)18-13(19(22)23)11-26(16(18)10-12)29(27,28)17-4-2-1-3-14(17)21/h1-4,9-11,19,24H,5-8H2. The van der Waals surface area contributed by atoms with Gasteiger partial charge >= 0.3 is 0 Å². The molecule has 1 N–H and O–H groups in total. The zero-order chi connectivity index (χ0) is 20.8. The van der Waals surface area contributed by atoms with Crippen molar-refractivity contribution in [3.05, 3.63) is 57.7 Å². The summed E-state index contributed by atoms with van der Waals surface area (Å²) in [7, 11) is -4.17. The zero-order valence-electron chi connectivity index (χ0n) is 15.1. The Morgan fingerprint density at radius 3 is 2.48 bits per heavy atom. The molecule has 10 heteroatoms. The number of alkyl halides is 2. The highest BCUT2D eigenvalue weighted by Crippen LogP contribution is 2.40. The number of hydrogen-bond acceptors (Lipinski definition) is 4. The largest absolute Gasteiger partial charge is 0.368 e. The third-order valence-corrected chi connectivity index (χ3v) is 7.54. The van der Waals surface area contributed by atoms with Crippen LogP contribution >= 0.6 is 27.5 Å². The molecule has 0 unspecified atom stereocenters. The molecule has 1 aromatic heterocycles. The Balaban J connectivity index is 2.02. The molecule has 4 rings (SSSR count). The van der Waals surface area contributed by atoms with Gasteiger partial charge in [0.1, 0.15) is 4.90 Å². The minimum atomic E-state index is -4.17. The van der Waals surface area contributed by atoms with Gasteiger partial charge in [0.05, 0.1) is 10.5 Å². The Morgan fingerprint density at radius 2 is 1.83 bits per heavy atom. The van der Waals surface area contributed by atoms with Crippen molar-refractivity contribution < 1.29 is 17.2 Å². The number of halogens is 4. The van der Waals surface area contributed by atoms with Crippen LogP contribution in [-0.4, -0.2) is 38.6 Å². The first-order chi connectivity index (χ1) is 13.8. The average Bonchev–Trinajstić information content (AvgIpc) is 3.08. The molecule has 0 radical (unpaired) electrons. The van der Waals surface area contributed by atoms with Crippen LogP contribution in [0.2, 0.25) is 5.02 Å². The summed E-state index contributed by atoms with van der Waals surface area (Å²) < 4.78 is 56.0. The van der Waals surface area contributed by atoms with Crippen molar-refractivity contribution in [2.45, 2.75) is 11.3 Å². The normalized spacial score (nSPS) is 15.4. The summed E-state index contributed by atoms with van der Waals surface area (Å²) in [5, 5.41) is 3.49. The van der Waals surface area contributed by atoms with E-state index in [1.165, 1.54) is 12.1 Å². The van der Waals surface area contributed by atoms with Crippen LogP contribution in [-0.2, 0) is 10.0 Å². The first-order valence-corrected chi connectivity index (χ1v) is 11.5. The summed E-state index contributed by atoms with van der Waals surface area (Å²) in [5.41, 5.74) is 0.444. The van der Waals surface area contributed by atoms with Crippen molar-refractivity contribution in [3.63, 3.8) is 0 Å². The lowest BCUT2D eigenvalue weighted by molar-refractivity contribution is 0.153. The maximum atomic E-state index is 14.0. The quantitative estimate of drug-likeness (QED) is 0.562. The van der Waals surface area contributed by atoms with Gasteiger partial charge in [0.2, 0.25) is 0 Å². The number of nitrogens with zero attached hydrogens (tertiary/aromatic N) is 2. The minimum Gasteiger partial charge on any atom is -0.368 e. The highest BCUT2D eigenvalue weighted by molar-refractivity contribution is 9.10. The van der Waals surface area contributed by atoms with E-state index in [9.17, 15) is 17.2 Å². The molecule has 5 nitrogen and oxygen atoms in total. The summed E-state index contributed by atoms with van der Waals surface area (Å²) in [6.07, 6.45) is -1.82. The Hall–Kier alpha value is -1.68. The predicted octanol–water partition coefficient (Wildman–Crippen LogP) is 4.64. The van der Waals surface area contributed by atoms with Gasteiger partial charge in [0.15, 0.2) is 0 Å².